The number of hydrogen-bond acceptors (Lipinski definition) is 4. The van der Waals surface area contributed by atoms with E-state index in [9.17, 15) is 9.18 Å². The highest BCUT2D eigenvalue weighted by Gasteiger charge is 2.13. The molecule has 0 spiro atoms. The molecule has 1 N–H and O–H groups in total. The topological polar surface area (TPSA) is 65.2 Å². The average Bonchev–Trinajstić information content (AvgIpc) is 2.50. The summed E-state index contributed by atoms with van der Waals surface area (Å²) in [7, 11) is 0. The second-order valence-electron chi connectivity index (χ2n) is 4.03. The largest absolute Gasteiger partial charge is 0.286 e. The first kappa shape index (κ1) is 14.7. The number of benzene rings is 2. The van der Waals surface area contributed by atoms with Gasteiger partial charge in [0.2, 0.25) is 11.5 Å². The van der Waals surface area contributed by atoms with E-state index in [2.05, 4.69) is 10.5 Å². The van der Waals surface area contributed by atoms with E-state index in [0.717, 1.165) is 0 Å². The second kappa shape index (κ2) is 6.64. The molecule has 0 aromatic heterocycles. The molecule has 0 unspecified atom stereocenters. The van der Waals surface area contributed by atoms with Crippen molar-refractivity contribution in [2.45, 2.75) is 0 Å². The fourth-order valence-corrected chi connectivity index (χ4v) is 1.64. The Morgan fingerprint density at radius 3 is 2.33 bits per heavy atom. The van der Waals surface area contributed by atoms with Gasteiger partial charge in [-0.2, -0.15) is 10.4 Å². The Morgan fingerprint density at radius 2 is 1.76 bits per heavy atom. The van der Waals surface area contributed by atoms with E-state index in [0.29, 0.717) is 16.3 Å². The molecule has 6 heteroatoms. The van der Waals surface area contributed by atoms with Gasteiger partial charge in [-0.05, 0) is 48.5 Å². The van der Waals surface area contributed by atoms with Crippen LogP contribution in [0, 0.1) is 17.1 Å². The number of nitrogens with one attached hydrogen (secondary N) is 1. The van der Waals surface area contributed by atoms with Crippen LogP contribution >= 0.6 is 11.6 Å². The van der Waals surface area contributed by atoms with Gasteiger partial charge >= 0.3 is 0 Å². The lowest BCUT2D eigenvalue weighted by atomic mass is 10.1. The third-order valence-corrected chi connectivity index (χ3v) is 2.82. The minimum Gasteiger partial charge on any atom is -0.286 e. The smallest absolute Gasteiger partial charge is 0.223 e. The summed E-state index contributed by atoms with van der Waals surface area (Å²) in [4.78, 5) is 12.1. The van der Waals surface area contributed by atoms with Crippen molar-refractivity contribution in [2.75, 3.05) is 5.43 Å². The van der Waals surface area contributed by atoms with Crippen molar-refractivity contribution in [2.24, 2.45) is 5.10 Å². The van der Waals surface area contributed by atoms with Gasteiger partial charge in [0.05, 0.1) is 5.69 Å². The van der Waals surface area contributed by atoms with Gasteiger partial charge in [0.25, 0.3) is 0 Å². The summed E-state index contributed by atoms with van der Waals surface area (Å²) in [6.07, 6.45) is 0. The number of carbonyl (C=O) groups excluding carboxylic acids is 1. The molecule has 0 aliphatic heterocycles. The van der Waals surface area contributed by atoms with Crippen molar-refractivity contribution in [1.29, 1.82) is 5.26 Å². The van der Waals surface area contributed by atoms with Crippen LogP contribution < -0.4 is 5.43 Å². The van der Waals surface area contributed by atoms with Crippen molar-refractivity contribution in [1.82, 2.24) is 0 Å². The third kappa shape index (κ3) is 3.88. The van der Waals surface area contributed by atoms with E-state index in [1.54, 1.807) is 18.2 Å². The fraction of sp³-hybridized carbons (Fsp3) is 0. The SMILES string of the molecule is N#C/C(=N/Nc1ccc(F)cc1)C(=O)c1ccc(Cl)cc1. The van der Waals surface area contributed by atoms with Crippen LogP contribution in [0.4, 0.5) is 10.1 Å². The maximum atomic E-state index is 12.8. The summed E-state index contributed by atoms with van der Waals surface area (Å²) in [6.45, 7) is 0. The van der Waals surface area contributed by atoms with Gasteiger partial charge in [0.1, 0.15) is 11.9 Å². The number of rotatable bonds is 4. The fourth-order valence-electron chi connectivity index (χ4n) is 1.51. The quantitative estimate of drug-likeness (QED) is 0.532. The number of carbonyl (C=O) groups is 1. The van der Waals surface area contributed by atoms with Crippen LogP contribution in [0.3, 0.4) is 0 Å². The van der Waals surface area contributed by atoms with Crippen LogP contribution in [0.5, 0.6) is 0 Å². The lowest BCUT2D eigenvalue weighted by Crippen LogP contribution is -2.14. The lowest BCUT2D eigenvalue weighted by Gasteiger charge is -2.02. The van der Waals surface area contributed by atoms with Gasteiger partial charge in [-0.15, -0.1) is 0 Å². The number of hydrazone groups is 1. The predicted octanol–water partition coefficient (Wildman–Crippen LogP) is 3.65. The van der Waals surface area contributed by atoms with E-state index >= 15 is 0 Å². The number of hydrogen-bond donors (Lipinski definition) is 1. The molecule has 2 aromatic carbocycles. The molecule has 2 aromatic rings. The van der Waals surface area contributed by atoms with E-state index in [1.807, 2.05) is 0 Å². The molecule has 0 aliphatic carbocycles. The minimum atomic E-state index is -0.524. The van der Waals surface area contributed by atoms with Crippen molar-refractivity contribution >= 4 is 28.8 Å². The first-order valence-corrected chi connectivity index (χ1v) is 6.27. The van der Waals surface area contributed by atoms with Gasteiger partial charge in [-0.1, -0.05) is 11.6 Å². The van der Waals surface area contributed by atoms with E-state index in [4.69, 9.17) is 16.9 Å². The monoisotopic (exact) mass is 301 g/mol. The molecular formula is C15H9ClFN3O. The lowest BCUT2D eigenvalue weighted by molar-refractivity contribution is 0.106. The highest BCUT2D eigenvalue weighted by Crippen LogP contribution is 2.11. The predicted molar refractivity (Wildman–Crippen MR) is 78.9 cm³/mol. The normalized spacial score (nSPS) is 10.8. The molecule has 0 heterocycles. The van der Waals surface area contributed by atoms with Crippen LogP contribution in [0.1, 0.15) is 10.4 Å². The highest BCUT2D eigenvalue weighted by molar-refractivity contribution is 6.51. The molecule has 0 fully saturated rings. The molecule has 0 atom stereocenters. The zero-order chi connectivity index (χ0) is 15.2. The van der Waals surface area contributed by atoms with Gasteiger partial charge in [0, 0.05) is 10.6 Å². The van der Waals surface area contributed by atoms with Gasteiger partial charge in [-0.3, -0.25) is 10.2 Å². The van der Waals surface area contributed by atoms with Crippen LogP contribution in [0.15, 0.2) is 53.6 Å². The summed E-state index contributed by atoms with van der Waals surface area (Å²) in [6, 6.07) is 13.2. The molecule has 104 valence electrons. The molecule has 0 saturated heterocycles. The summed E-state index contributed by atoms with van der Waals surface area (Å²) in [5.74, 6) is -0.911. The summed E-state index contributed by atoms with van der Waals surface area (Å²) in [5, 5.41) is 13.2. The first-order valence-electron chi connectivity index (χ1n) is 5.90. The third-order valence-electron chi connectivity index (χ3n) is 2.57. The van der Waals surface area contributed by atoms with Crippen LogP contribution in [0.2, 0.25) is 5.02 Å². The summed E-state index contributed by atoms with van der Waals surface area (Å²) < 4.78 is 12.8. The zero-order valence-corrected chi connectivity index (χ0v) is 11.4. The highest BCUT2D eigenvalue weighted by atomic mass is 35.5. The molecule has 0 radical (unpaired) electrons. The standard InChI is InChI=1S/C15H9ClFN3O/c16-11-3-1-10(2-4-11)15(21)14(9-18)20-19-13-7-5-12(17)6-8-13/h1-8,19H/b20-14-. The minimum absolute atomic E-state index is 0.304. The Balaban J connectivity index is 2.17. The Labute approximate surface area is 125 Å². The molecule has 0 aliphatic rings. The van der Waals surface area contributed by atoms with Gasteiger partial charge in [-0.25, -0.2) is 4.39 Å². The number of nitrogens with zero attached hydrogens (tertiary/aromatic N) is 2. The number of nitriles is 1. The molecule has 0 bridgehead atoms. The van der Waals surface area contributed by atoms with Crippen molar-refractivity contribution in [3.63, 3.8) is 0 Å². The van der Waals surface area contributed by atoms with Gasteiger partial charge in [0.15, 0.2) is 0 Å². The summed E-state index contributed by atoms with van der Waals surface area (Å²) in [5.41, 5.74) is 3.00. The number of anilines is 1. The van der Waals surface area contributed by atoms with E-state index in [1.165, 1.54) is 36.4 Å². The average molecular weight is 302 g/mol. The zero-order valence-electron chi connectivity index (χ0n) is 10.7. The van der Waals surface area contributed by atoms with Crippen molar-refractivity contribution < 1.29 is 9.18 Å². The van der Waals surface area contributed by atoms with Crippen molar-refractivity contribution in [3.8, 4) is 6.07 Å². The maximum absolute atomic E-state index is 12.8. The Morgan fingerprint density at radius 1 is 1.14 bits per heavy atom. The van der Waals surface area contributed by atoms with E-state index < -0.39 is 5.78 Å². The first-order chi connectivity index (χ1) is 10.1. The molecule has 4 nitrogen and oxygen atoms in total. The number of Topliss-reactive ketones (excluding diaryl/α,β-unsaturated/α-hetero) is 1. The summed E-state index contributed by atoms with van der Waals surface area (Å²) >= 11 is 5.73. The maximum Gasteiger partial charge on any atom is 0.223 e. The number of halogens is 2. The van der Waals surface area contributed by atoms with Crippen LogP contribution in [-0.4, -0.2) is 11.5 Å². The van der Waals surface area contributed by atoms with Crippen LogP contribution in [0.25, 0.3) is 0 Å². The van der Waals surface area contributed by atoms with Crippen molar-refractivity contribution in [3.05, 3.63) is 64.9 Å². The molecule has 2 rings (SSSR count). The Bertz CT molecular complexity index is 718. The van der Waals surface area contributed by atoms with Crippen LogP contribution in [-0.2, 0) is 0 Å². The molecule has 0 amide bonds. The second-order valence-corrected chi connectivity index (χ2v) is 4.46. The molecule has 0 saturated carbocycles. The van der Waals surface area contributed by atoms with E-state index in [-0.39, 0.29) is 11.5 Å². The Hall–Kier alpha value is -2.71. The van der Waals surface area contributed by atoms with Gasteiger partial charge < -0.3 is 0 Å². The number of ketones is 1. The molecule has 21 heavy (non-hydrogen) atoms. The Kier molecular flexibility index (Phi) is 4.64. The molecular weight excluding hydrogens is 293 g/mol.